The molecule has 156 valence electrons. The van der Waals surface area contributed by atoms with Crippen LogP contribution in [-0.4, -0.2) is 26.3 Å². The van der Waals surface area contributed by atoms with Gasteiger partial charge < -0.3 is 20.9 Å². The molecule has 0 saturated heterocycles. The van der Waals surface area contributed by atoms with Crippen molar-refractivity contribution in [2.75, 3.05) is 16.4 Å². The van der Waals surface area contributed by atoms with E-state index in [-0.39, 0.29) is 11.6 Å². The second-order valence-electron chi connectivity index (χ2n) is 6.76. The van der Waals surface area contributed by atoms with Crippen molar-refractivity contribution in [2.24, 2.45) is 7.05 Å². The first kappa shape index (κ1) is 20.6. The first-order chi connectivity index (χ1) is 14.8. The van der Waals surface area contributed by atoms with Crippen LogP contribution in [0.15, 0.2) is 55.0 Å². The topological polar surface area (TPSA) is 115 Å². The molecule has 0 unspecified atom stereocenters. The number of nitrogens with one attached hydrogen (secondary N) is 2. The molecular weight excluding hydrogens is 439 g/mol. The van der Waals surface area contributed by atoms with E-state index in [1.165, 1.54) is 6.33 Å². The summed E-state index contributed by atoms with van der Waals surface area (Å²) < 4.78 is 1.71. The molecule has 8 nitrogen and oxygen atoms in total. The summed E-state index contributed by atoms with van der Waals surface area (Å²) in [6.07, 6.45) is 3.01. The standard InChI is InChI=1S/C21H16Cl2N6O2/c1-29-9-16(17-19(24)25-10-26-20(17)29)18(30)11-3-2-4-14(5-11)27-21(31)28-15-7-12(22)6-13(23)8-15/h2-10H,1H3,(H2,24,25,26)(H2,27,28,31). The van der Waals surface area contributed by atoms with Crippen LogP contribution in [-0.2, 0) is 7.05 Å². The van der Waals surface area contributed by atoms with Gasteiger partial charge in [0.25, 0.3) is 0 Å². The molecule has 4 N–H and O–H groups in total. The van der Waals surface area contributed by atoms with Gasteiger partial charge in [-0.05, 0) is 30.3 Å². The van der Waals surface area contributed by atoms with Crippen molar-refractivity contribution in [1.82, 2.24) is 14.5 Å². The zero-order chi connectivity index (χ0) is 22.1. The maximum atomic E-state index is 13.1. The highest BCUT2D eigenvalue weighted by Crippen LogP contribution is 2.26. The fourth-order valence-corrected chi connectivity index (χ4v) is 3.75. The van der Waals surface area contributed by atoms with E-state index in [0.717, 1.165) is 0 Å². The molecule has 10 heteroatoms. The number of halogens is 2. The minimum absolute atomic E-state index is 0.225. The Kier molecular flexibility index (Phi) is 5.50. The molecule has 2 aromatic carbocycles. The molecule has 0 saturated carbocycles. The van der Waals surface area contributed by atoms with E-state index in [4.69, 9.17) is 28.9 Å². The molecule has 0 fully saturated rings. The first-order valence-electron chi connectivity index (χ1n) is 9.06. The summed E-state index contributed by atoms with van der Waals surface area (Å²) in [5.74, 6) is -0.0411. The van der Waals surface area contributed by atoms with Crippen LogP contribution in [0.25, 0.3) is 11.0 Å². The number of nitrogens with two attached hydrogens (primary N) is 1. The number of aryl methyl sites for hydroxylation is 1. The molecule has 2 amide bonds. The maximum Gasteiger partial charge on any atom is 0.323 e. The number of carbonyl (C=O) groups excluding carboxylic acids is 2. The summed E-state index contributed by atoms with van der Waals surface area (Å²) in [5, 5.41) is 6.62. The molecule has 0 aliphatic rings. The lowest BCUT2D eigenvalue weighted by Gasteiger charge is -2.09. The number of anilines is 3. The predicted molar refractivity (Wildman–Crippen MR) is 122 cm³/mol. The third-order valence-corrected chi connectivity index (χ3v) is 4.97. The van der Waals surface area contributed by atoms with Gasteiger partial charge in [0.1, 0.15) is 17.8 Å². The molecule has 0 aliphatic carbocycles. The van der Waals surface area contributed by atoms with Gasteiger partial charge in [0.15, 0.2) is 5.78 Å². The number of hydrogen-bond acceptors (Lipinski definition) is 5. The number of hydrogen-bond donors (Lipinski definition) is 3. The highest BCUT2D eigenvalue weighted by atomic mass is 35.5. The van der Waals surface area contributed by atoms with Crippen LogP contribution in [0.2, 0.25) is 10.0 Å². The van der Waals surface area contributed by atoms with E-state index in [2.05, 4.69) is 20.6 Å². The van der Waals surface area contributed by atoms with Gasteiger partial charge in [-0.15, -0.1) is 0 Å². The fraction of sp³-hybridized carbons (Fsp3) is 0.0476. The number of carbonyl (C=O) groups is 2. The number of rotatable bonds is 4. The van der Waals surface area contributed by atoms with E-state index in [1.807, 2.05) is 0 Å². The number of nitrogens with zero attached hydrogens (tertiary/aromatic N) is 3. The van der Waals surface area contributed by atoms with Gasteiger partial charge in [0.05, 0.1) is 10.9 Å². The number of ketones is 1. The molecule has 0 aliphatic heterocycles. The maximum absolute atomic E-state index is 13.1. The molecule has 0 spiro atoms. The minimum atomic E-state index is -0.509. The number of fused-ring (bicyclic) bond motifs is 1. The lowest BCUT2D eigenvalue weighted by atomic mass is 10.0. The molecule has 2 heterocycles. The van der Waals surface area contributed by atoms with E-state index < -0.39 is 6.03 Å². The molecular formula is C21H16Cl2N6O2. The van der Waals surface area contributed by atoms with Crippen molar-refractivity contribution in [3.05, 3.63) is 76.2 Å². The van der Waals surface area contributed by atoms with E-state index in [0.29, 0.717) is 43.6 Å². The third kappa shape index (κ3) is 4.30. The summed E-state index contributed by atoms with van der Waals surface area (Å²) in [7, 11) is 1.77. The van der Waals surface area contributed by atoms with E-state index in [1.54, 1.807) is 60.3 Å². The largest absolute Gasteiger partial charge is 0.383 e. The summed E-state index contributed by atoms with van der Waals surface area (Å²) >= 11 is 11.9. The van der Waals surface area contributed by atoms with Crippen LogP contribution in [0, 0.1) is 0 Å². The van der Waals surface area contributed by atoms with Crippen molar-refractivity contribution in [3.63, 3.8) is 0 Å². The van der Waals surface area contributed by atoms with Crippen LogP contribution >= 0.6 is 23.2 Å². The van der Waals surface area contributed by atoms with Crippen LogP contribution < -0.4 is 16.4 Å². The summed E-state index contributed by atoms with van der Waals surface area (Å²) in [6, 6.07) is 10.8. The lowest BCUT2D eigenvalue weighted by Crippen LogP contribution is -2.19. The molecule has 2 aromatic heterocycles. The van der Waals surface area contributed by atoms with Gasteiger partial charge in [0, 0.05) is 40.2 Å². The minimum Gasteiger partial charge on any atom is -0.383 e. The zero-order valence-electron chi connectivity index (χ0n) is 16.2. The second-order valence-corrected chi connectivity index (χ2v) is 7.63. The van der Waals surface area contributed by atoms with E-state index in [9.17, 15) is 9.59 Å². The molecule has 4 aromatic rings. The Morgan fingerprint density at radius 1 is 1.00 bits per heavy atom. The molecule has 0 bridgehead atoms. The Labute approximate surface area is 187 Å². The van der Waals surface area contributed by atoms with Crippen molar-refractivity contribution < 1.29 is 9.59 Å². The van der Waals surface area contributed by atoms with Gasteiger partial charge in [0.2, 0.25) is 0 Å². The van der Waals surface area contributed by atoms with Gasteiger partial charge in [-0.3, -0.25) is 4.79 Å². The van der Waals surface area contributed by atoms with Crippen molar-refractivity contribution in [1.29, 1.82) is 0 Å². The SMILES string of the molecule is Cn1cc(C(=O)c2cccc(NC(=O)Nc3cc(Cl)cc(Cl)c3)c2)c2c(N)ncnc21. The fourth-order valence-electron chi connectivity index (χ4n) is 3.22. The number of nitrogen functional groups attached to an aromatic ring is 1. The molecule has 0 radical (unpaired) electrons. The predicted octanol–water partition coefficient (Wildman–Crippen LogP) is 4.73. The van der Waals surface area contributed by atoms with Crippen LogP contribution in [0.4, 0.5) is 22.0 Å². The van der Waals surface area contributed by atoms with Crippen LogP contribution in [0.5, 0.6) is 0 Å². The summed E-state index contributed by atoms with van der Waals surface area (Å²) in [5.41, 5.74) is 8.16. The summed E-state index contributed by atoms with van der Waals surface area (Å²) in [6.45, 7) is 0. The average Bonchev–Trinajstić information content (AvgIpc) is 3.05. The monoisotopic (exact) mass is 454 g/mol. The van der Waals surface area contributed by atoms with Crippen molar-refractivity contribution in [3.8, 4) is 0 Å². The highest BCUT2D eigenvalue weighted by molar-refractivity contribution is 6.35. The Balaban J connectivity index is 1.57. The Morgan fingerprint density at radius 3 is 2.45 bits per heavy atom. The van der Waals surface area contributed by atoms with Gasteiger partial charge in [-0.2, -0.15) is 0 Å². The molecule has 31 heavy (non-hydrogen) atoms. The quantitative estimate of drug-likeness (QED) is 0.385. The van der Waals surface area contributed by atoms with Gasteiger partial charge in [-0.1, -0.05) is 35.3 Å². The Bertz CT molecular complexity index is 1310. The van der Waals surface area contributed by atoms with Gasteiger partial charge >= 0.3 is 6.03 Å². The normalized spacial score (nSPS) is 10.8. The molecule has 4 rings (SSSR count). The number of aromatic nitrogens is 3. The molecule has 0 atom stereocenters. The first-order valence-corrected chi connectivity index (χ1v) is 9.82. The van der Waals surface area contributed by atoms with Gasteiger partial charge in [-0.25, -0.2) is 14.8 Å². The van der Waals surface area contributed by atoms with E-state index >= 15 is 0 Å². The average molecular weight is 455 g/mol. The highest BCUT2D eigenvalue weighted by Gasteiger charge is 2.19. The second kappa shape index (κ2) is 8.25. The van der Waals surface area contributed by atoms with Crippen LogP contribution in [0.3, 0.4) is 0 Å². The van der Waals surface area contributed by atoms with Crippen LogP contribution in [0.1, 0.15) is 15.9 Å². The number of urea groups is 1. The Morgan fingerprint density at radius 2 is 1.71 bits per heavy atom. The third-order valence-electron chi connectivity index (χ3n) is 4.53. The zero-order valence-corrected chi connectivity index (χ0v) is 17.7. The smallest absolute Gasteiger partial charge is 0.323 e. The number of benzene rings is 2. The van der Waals surface area contributed by atoms with Crippen molar-refractivity contribution in [2.45, 2.75) is 0 Å². The lowest BCUT2D eigenvalue weighted by molar-refractivity contribution is 0.104. The van der Waals surface area contributed by atoms with Crippen molar-refractivity contribution >= 4 is 63.2 Å². The Hall–Kier alpha value is -3.62. The number of amides is 2. The summed E-state index contributed by atoms with van der Waals surface area (Å²) in [4.78, 5) is 33.7.